The van der Waals surface area contributed by atoms with Crippen molar-refractivity contribution in [2.75, 3.05) is 0 Å². The van der Waals surface area contributed by atoms with Crippen LogP contribution in [0.4, 0.5) is 4.39 Å². The van der Waals surface area contributed by atoms with E-state index in [1.165, 1.54) is 0 Å². The van der Waals surface area contributed by atoms with E-state index in [1.807, 2.05) is 0 Å². The molecule has 0 unspecified atom stereocenters. The maximum atomic E-state index is 13.1. The van der Waals surface area contributed by atoms with E-state index in [0.29, 0.717) is 16.9 Å². The Kier molecular flexibility index (Phi) is 2.91. The zero-order valence-electron chi connectivity index (χ0n) is 6.05. The maximum absolute atomic E-state index is 13.1. The van der Waals surface area contributed by atoms with E-state index in [0.717, 1.165) is 0 Å². The number of rotatable bonds is 2. The van der Waals surface area contributed by atoms with Crippen LogP contribution in [0.15, 0.2) is 18.2 Å². The van der Waals surface area contributed by atoms with Gasteiger partial charge in [-0.2, -0.15) is 12.6 Å². The molecule has 0 saturated carbocycles. The first-order valence-electron chi connectivity index (χ1n) is 3.36. The molecule has 0 fully saturated rings. The van der Waals surface area contributed by atoms with Gasteiger partial charge in [0.05, 0.1) is 0 Å². The monoisotopic (exact) mass is 171 g/mol. The lowest BCUT2D eigenvalue weighted by Crippen LogP contribution is -2.01. The molecular formula is C8H10FNS. The highest BCUT2D eigenvalue weighted by Crippen LogP contribution is 2.13. The summed E-state index contributed by atoms with van der Waals surface area (Å²) in [4.78, 5) is 0. The number of nitrogens with two attached hydrogens (primary N) is 1. The molecule has 1 aromatic carbocycles. The smallest absolute Gasteiger partial charge is 0.131 e. The predicted molar refractivity (Wildman–Crippen MR) is 47.0 cm³/mol. The Labute approximate surface area is 70.8 Å². The molecule has 1 rings (SSSR count). The number of benzene rings is 1. The number of hydrogen-bond acceptors (Lipinski definition) is 2. The van der Waals surface area contributed by atoms with Crippen LogP contribution < -0.4 is 5.73 Å². The average Bonchev–Trinajstić information content (AvgIpc) is 2.05. The van der Waals surface area contributed by atoms with Crippen LogP contribution in [-0.4, -0.2) is 0 Å². The zero-order valence-corrected chi connectivity index (χ0v) is 6.94. The molecule has 0 bridgehead atoms. The van der Waals surface area contributed by atoms with Crippen LogP contribution in [0, 0.1) is 5.82 Å². The summed E-state index contributed by atoms with van der Waals surface area (Å²) in [7, 11) is 0. The van der Waals surface area contributed by atoms with Crippen LogP contribution in [0.5, 0.6) is 0 Å². The van der Waals surface area contributed by atoms with Gasteiger partial charge in [0.15, 0.2) is 0 Å². The summed E-state index contributed by atoms with van der Waals surface area (Å²) in [6, 6.07) is 5.18. The van der Waals surface area contributed by atoms with Crippen LogP contribution in [0.2, 0.25) is 0 Å². The molecule has 2 N–H and O–H groups in total. The Morgan fingerprint density at radius 1 is 1.36 bits per heavy atom. The van der Waals surface area contributed by atoms with Crippen molar-refractivity contribution in [1.82, 2.24) is 0 Å². The molecule has 0 radical (unpaired) electrons. The van der Waals surface area contributed by atoms with Crippen molar-refractivity contribution in [3.05, 3.63) is 35.1 Å². The summed E-state index contributed by atoms with van der Waals surface area (Å²) in [6.07, 6.45) is 0. The van der Waals surface area contributed by atoms with E-state index in [1.54, 1.807) is 18.2 Å². The van der Waals surface area contributed by atoms with E-state index in [9.17, 15) is 4.39 Å². The largest absolute Gasteiger partial charge is 0.326 e. The van der Waals surface area contributed by atoms with Gasteiger partial charge in [0.1, 0.15) is 5.82 Å². The normalized spacial score (nSPS) is 10.1. The number of halogens is 1. The van der Waals surface area contributed by atoms with E-state index in [4.69, 9.17) is 5.73 Å². The van der Waals surface area contributed by atoms with Crippen LogP contribution in [0.3, 0.4) is 0 Å². The second kappa shape index (κ2) is 3.74. The quantitative estimate of drug-likeness (QED) is 0.651. The second-order valence-corrected chi connectivity index (χ2v) is 2.57. The first-order valence-corrected chi connectivity index (χ1v) is 4.00. The van der Waals surface area contributed by atoms with Crippen molar-refractivity contribution >= 4 is 12.6 Å². The molecule has 1 nitrogen and oxygen atoms in total. The van der Waals surface area contributed by atoms with Gasteiger partial charge in [0.2, 0.25) is 0 Å². The van der Waals surface area contributed by atoms with Crippen molar-refractivity contribution in [3.63, 3.8) is 0 Å². The average molecular weight is 171 g/mol. The molecule has 0 atom stereocenters. The Balaban J connectivity index is 3.10. The Hall–Kier alpha value is -0.540. The molecule has 0 aromatic heterocycles. The van der Waals surface area contributed by atoms with Crippen molar-refractivity contribution in [3.8, 4) is 0 Å². The maximum Gasteiger partial charge on any atom is 0.131 e. The molecule has 1 aromatic rings. The van der Waals surface area contributed by atoms with Gasteiger partial charge in [-0.15, -0.1) is 0 Å². The minimum absolute atomic E-state index is 0.218. The summed E-state index contributed by atoms with van der Waals surface area (Å²) in [5.74, 6) is 0.199. The zero-order chi connectivity index (χ0) is 8.27. The van der Waals surface area contributed by atoms with E-state index in [-0.39, 0.29) is 12.4 Å². The standard InChI is InChI=1S/C8H10FNS/c9-8-6(4-10)2-1-3-7(8)5-11/h1-3,11H,4-5,10H2. The third-order valence-electron chi connectivity index (χ3n) is 1.55. The predicted octanol–water partition coefficient (Wildman–Crippen LogP) is 1.71. The minimum Gasteiger partial charge on any atom is -0.326 e. The molecular weight excluding hydrogens is 161 g/mol. The Bertz CT molecular complexity index is 228. The van der Waals surface area contributed by atoms with Gasteiger partial charge in [-0.3, -0.25) is 0 Å². The van der Waals surface area contributed by atoms with Crippen LogP contribution >= 0.6 is 12.6 Å². The molecule has 0 saturated heterocycles. The van der Waals surface area contributed by atoms with Gasteiger partial charge in [-0.05, 0) is 5.56 Å². The van der Waals surface area contributed by atoms with Gasteiger partial charge in [-0.1, -0.05) is 18.2 Å². The fourth-order valence-corrected chi connectivity index (χ4v) is 1.16. The van der Waals surface area contributed by atoms with Gasteiger partial charge < -0.3 is 5.73 Å². The van der Waals surface area contributed by atoms with Crippen molar-refractivity contribution in [1.29, 1.82) is 0 Å². The molecule has 0 aliphatic heterocycles. The van der Waals surface area contributed by atoms with Crippen molar-refractivity contribution < 1.29 is 4.39 Å². The number of thiol groups is 1. The van der Waals surface area contributed by atoms with Gasteiger partial charge in [0.25, 0.3) is 0 Å². The van der Waals surface area contributed by atoms with Gasteiger partial charge >= 0.3 is 0 Å². The summed E-state index contributed by atoms with van der Waals surface area (Å²) < 4.78 is 13.1. The van der Waals surface area contributed by atoms with E-state index in [2.05, 4.69) is 12.6 Å². The van der Waals surface area contributed by atoms with Crippen molar-refractivity contribution in [2.24, 2.45) is 5.73 Å². The highest BCUT2D eigenvalue weighted by molar-refractivity contribution is 7.79. The fourth-order valence-electron chi connectivity index (χ4n) is 0.913. The van der Waals surface area contributed by atoms with Crippen LogP contribution in [0.1, 0.15) is 11.1 Å². The van der Waals surface area contributed by atoms with Crippen LogP contribution in [0.25, 0.3) is 0 Å². The third-order valence-corrected chi connectivity index (χ3v) is 1.89. The van der Waals surface area contributed by atoms with E-state index < -0.39 is 0 Å². The van der Waals surface area contributed by atoms with Gasteiger partial charge in [-0.25, -0.2) is 4.39 Å². The lowest BCUT2D eigenvalue weighted by Gasteiger charge is -2.02. The molecule has 11 heavy (non-hydrogen) atoms. The first kappa shape index (κ1) is 8.56. The fraction of sp³-hybridized carbons (Fsp3) is 0.250. The molecule has 0 amide bonds. The minimum atomic E-state index is -0.218. The molecule has 3 heteroatoms. The molecule has 60 valence electrons. The lowest BCUT2D eigenvalue weighted by molar-refractivity contribution is 0.600. The summed E-state index contributed by atoms with van der Waals surface area (Å²) >= 11 is 3.99. The second-order valence-electron chi connectivity index (χ2n) is 2.25. The summed E-state index contributed by atoms with van der Waals surface area (Å²) in [5, 5.41) is 0. The third kappa shape index (κ3) is 1.73. The topological polar surface area (TPSA) is 26.0 Å². The lowest BCUT2D eigenvalue weighted by atomic mass is 10.1. The molecule has 0 heterocycles. The van der Waals surface area contributed by atoms with E-state index >= 15 is 0 Å². The van der Waals surface area contributed by atoms with Crippen LogP contribution in [-0.2, 0) is 12.3 Å². The Morgan fingerprint density at radius 2 is 2.00 bits per heavy atom. The molecule has 0 spiro atoms. The number of hydrogen-bond donors (Lipinski definition) is 2. The first-order chi connectivity index (χ1) is 5.29. The summed E-state index contributed by atoms with van der Waals surface area (Å²) in [5.41, 5.74) is 6.47. The Morgan fingerprint density at radius 3 is 2.55 bits per heavy atom. The molecule has 0 aliphatic rings. The SMILES string of the molecule is NCc1cccc(CS)c1F. The highest BCUT2D eigenvalue weighted by atomic mass is 32.1. The van der Waals surface area contributed by atoms with Crippen molar-refractivity contribution in [2.45, 2.75) is 12.3 Å². The highest BCUT2D eigenvalue weighted by Gasteiger charge is 2.03. The summed E-state index contributed by atoms with van der Waals surface area (Å²) in [6.45, 7) is 0.244. The van der Waals surface area contributed by atoms with Gasteiger partial charge in [0, 0.05) is 17.9 Å². The molecule has 0 aliphatic carbocycles.